The summed E-state index contributed by atoms with van der Waals surface area (Å²) >= 11 is 0. The predicted octanol–water partition coefficient (Wildman–Crippen LogP) is -3.95. The molecule has 0 spiro atoms. The van der Waals surface area contributed by atoms with Crippen molar-refractivity contribution < 1.29 is 63.0 Å². The lowest BCUT2D eigenvalue weighted by Crippen LogP contribution is -2.60. The molecule has 31 heteroatoms. The predicted molar refractivity (Wildman–Crippen MR) is 309 cm³/mol. The topological polar surface area (TPSA) is 478 Å². The highest BCUT2D eigenvalue weighted by Crippen LogP contribution is 2.22. The van der Waals surface area contributed by atoms with Crippen LogP contribution in [0.5, 0.6) is 5.75 Å². The van der Waals surface area contributed by atoms with Crippen LogP contribution in [0.1, 0.15) is 75.6 Å². The number of carbonyl (C=O) groups excluding carboxylic acids is 11. The van der Waals surface area contributed by atoms with Crippen LogP contribution in [0, 0.1) is 5.92 Å². The molecule has 2 aliphatic heterocycles. The van der Waals surface area contributed by atoms with Crippen molar-refractivity contribution in [1.82, 2.24) is 72.8 Å². The van der Waals surface area contributed by atoms with Gasteiger partial charge in [0, 0.05) is 74.8 Å². The molecule has 6 rings (SSSR count). The van der Waals surface area contributed by atoms with Gasteiger partial charge in [0.15, 0.2) is 5.96 Å². The number of phenols is 1. The third-order valence-electron chi connectivity index (χ3n) is 14.3. The van der Waals surface area contributed by atoms with E-state index in [0.717, 1.165) is 5.01 Å². The minimum absolute atomic E-state index is 0.00158. The number of hydrazine groups is 1. The zero-order chi connectivity index (χ0) is 62.6. The van der Waals surface area contributed by atoms with Crippen molar-refractivity contribution in [3.8, 4) is 5.75 Å². The molecule has 2 aromatic carbocycles. The molecule has 2 aromatic heterocycles. The van der Waals surface area contributed by atoms with Crippen molar-refractivity contribution in [3.63, 3.8) is 0 Å². The molecule has 0 aliphatic carbocycles. The lowest BCUT2D eigenvalue weighted by Gasteiger charge is -2.30. The number of phenolic OH excluding ortho intramolecular Hbond substituents is 1. The normalized spacial score (nSPS) is 16.7. The van der Waals surface area contributed by atoms with Crippen LogP contribution in [-0.4, -0.2) is 188 Å². The Balaban J connectivity index is 1.16. The van der Waals surface area contributed by atoms with Crippen molar-refractivity contribution in [2.75, 3.05) is 33.3 Å². The number of benzene rings is 2. The first-order valence-corrected chi connectivity index (χ1v) is 28.0. The number of hydrogen-bond donors (Lipinski definition) is 16. The van der Waals surface area contributed by atoms with Gasteiger partial charge in [-0.15, -0.1) is 0 Å². The number of amides is 12. The zero-order valence-corrected chi connectivity index (χ0v) is 47.9. The maximum atomic E-state index is 14.5. The number of aliphatic imine (C=N–C) groups is 1. The highest BCUT2D eigenvalue weighted by atomic mass is 16.3. The van der Waals surface area contributed by atoms with Crippen molar-refractivity contribution in [2.45, 2.75) is 126 Å². The van der Waals surface area contributed by atoms with Gasteiger partial charge in [-0.2, -0.15) is 0 Å². The number of H-pyrrole nitrogens is 2. The van der Waals surface area contributed by atoms with Crippen LogP contribution >= 0.6 is 0 Å². The van der Waals surface area contributed by atoms with Crippen LogP contribution in [0.15, 0.2) is 72.2 Å². The van der Waals surface area contributed by atoms with E-state index in [2.05, 4.69) is 67.9 Å². The van der Waals surface area contributed by atoms with Gasteiger partial charge in [0.1, 0.15) is 54.1 Å². The number of imidazole rings is 1. The Morgan fingerprint density at radius 3 is 2.06 bits per heavy atom. The minimum atomic E-state index is -1.76. The van der Waals surface area contributed by atoms with Crippen molar-refractivity contribution >= 4 is 82.0 Å². The Hall–Kier alpha value is -9.81. The molecule has 464 valence electrons. The Morgan fingerprint density at radius 1 is 0.767 bits per heavy atom. The molecule has 86 heavy (non-hydrogen) atoms. The molecule has 4 aromatic rings. The standard InChI is InChI=1S/C55H76N18O13/c1-29(2)20-38(48(80)66-37(10-6-18-60-54(56)57)53(85)73-19-7-11-43(73)52(84)71-72(3)55(58)86)65-45(77)26-62-46(78)39(21-30-12-14-33(75)15-13-30)67-51(83)42(27-74)70-49(81)40(22-31-24-61-35-9-5-4-8-34(31)35)68-50(82)41(23-32-25-59-28-63-32)69-47(79)36-16-17-44(76)64-36/h4-5,8-9,12-15,24-25,28-29,36-43,61,74-75H,6-7,10-11,16-23,26-27H2,1-3H3,(H2,58,86)(H,59,63)(H,62,78)(H,64,76)(H,65,77)(H,66,80)(H,67,83)(H,68,82)(H,69,79)(H,70,81)(H,71,84)(H4,56,57,60)/t36-,37-,38-,39-,40-,41-,42-,43-/m0/s1. The molecule has 0 radical (unpaired) electrons. The Kier molecular flexibility index (Phi) is 23.7. The first kappa shape index (κ1) is 65.3. The summed E-state index contributed by atoms with van der Waals surface area (Å²) in [5.41, 5.74) is 20.8. The molecule has 19 N–H and O–H groups in total. The van der Waals surface area contributed by atoms with E-state index in [0.29, 0.717) is 34.1 Å². The molecular weight excluding hydrogens is 1120 g/mol. The first-order valence-electron chi connectivity index (χ1n) is 28.0. The van der Waals surface area contributed by atoms with Gasteiger partial charge in [-0.3, -0.25) is 58.4 Å². The maximum Gasteiger partial charge on any atom is 0.333 e. The van der Waals surface area contributed by atoms with Gasteiger partial charge in [-0.25, -0.2) is 14.8 Å². The number of para-hydroxylation sites is 1. The van der Waals surface area contributed by atoms with Gasteiger partial charge in [-0.1, -0.05) is 44.2 Å². The number of aromatic amines is 2. The second-order valence-corrected chi connectivity index (χ2v) is 21.3. The largest absolute Gasteiger partial charge is 0.508 e. The quantitative estimate of drug-likeness (QED) is 0.0107. The van der Waals surface area contributed by atoms with E-state index in [-0.39, 0.29) is 94.4 Å². The van der Waals surface area contributed by atoms with Crippen molar-refractivity contribution in [3.05, 3.63) is 84.1 Å². The molecular formula is C55H76N18O13. The van der Waals surface area contributed by atoms with Gasteiger partial charge in [0.05, 0.1) is 19.5 Å². The molecule has 12 amide bonds. The monoisotopic (exact) mass is 1200 g/mol. The molecule has 0 saturated carbocycles. The number of aliphatic hydroxyl groups excluding tert-OH is 1. The summed E-state index contributed by atoms with van der Waals surface area (Å²) in [5, 5.41) is 42.8. The number of rotatable bonds is 29. The van der Waals surface area contributed by atoms with Gasteiger partial charge in [0.25, 0.3) is 5.91 Å². The van der Waals surface area contributed by atoms with Gasteiger partial charge in [-0.05, 0) is 73.8 Å². The van der Waals surface area contributed by atoms with Gasteiger partial charge in [0.2, 0.25) is 53.2 Å². The molecule has 2 aliphatic rings. The van der Waals surface area contributed by atoms with E-state index in [4.69, 9.17) is 17.2 Å². The zero-order valence-electron chi connectivity index (χ0n) is 47.9. The number of aromatic nitrogens is 3. The summed E-state index contributed by atoms with van der Waals surface area (Å²) in [6.07, 6.45) is 5.14. The average Bonchev–Trinajstić information content (AvgIpc) is 2.51. The lowest BCUT2D eigenvalue weighted by molar-refractivity contribution is -0.143. The summed E-state index contributed by atoms with van der Waals surface area (Å²) in [6, 6.07) is 1.32. The molecule has 31 nitrogen and oxygen atoms in total. The number of hydrogen-bond acceptors (Lipinski definition) is 15. The summed E-state index contributed by atoms with van der Waals surface area (Å²) in [5.74, 6) is -8.22. The van der Waals surface area contributed by atoms with Crippen molar-refractivity contribution in [2.24, 2.45) is 28.1 Å². The van der Waals surface area contributed by atoms with Crippen LogP contribution < -0.4 is 65.2 Å². The van der Waals surface area contributed by atoms with Crippen LogP contribution in [-0.2, 0) is 67.2 Å². The second kappa shape index (κ2) is 31.2. The minimum Gasteiger partial charge on any atom is -0.508 e. The second-order valence-electron chi connectivity index (χ2n) is 21.3. The molecule has 4 heterocycles. The molecule has 2 saturated heterocycles. The molecule has 2 fully saturated rings. The van der Waals surface area contributed by atoms with E-state index in [1.807, 2.05) is 0 Å². The number of carbonyl (C=O) groups is 11. The Labute approximate surface area is 493 Å². The summed E-state index contributed by atoms with van der Waals surface area (Å²) in [7, 11) is 1.24. The van der Waals surface area contributed by atoms with E-state index in [1.165, 1.54) is 48.7 Å². The van der Waals surface area contributed by atoms with E-state index < -0.39 is 121 Å². The number of guanidine groups is 1. The van der Waals surface area contributed by atoms with Crippen LogP contribution in [0.25, 0.3) is 10.9 Å². The van der Waals surface area contributed by atoms with Crippen LogP contribution in [0.4, 0.5) is 4.79 Å². The number of nitrogens with two attached hydrogens (primary N) is 3. The Bertz CT molecular complexity index is 3090. The highest BCUT2D eigenvalue weighted by Gasteiger charge is 2.40. The average molecular weight is 1200 g/mol. The third-order valence-corrected chi connectivity index (χ3v) is 14.3. The summed E-state index contributed by atoms with van der Waals surface area (Å²) in [4.78, 5) is 164. The molecule has 0 bridgehead atoms. The lowest BCUT2D eigenvalue weighted by atomic mass is 10.0. The van der Waals surface area contributed by atoms with E-state index in [9.17, 15) is 63.0 Å². The Morgan fingerprint density at radius 2 is 1.42 bits per heavy atom. The molecule has 0 unspecified atom stereocenters. The van der Waals surface area contributed by atoms with Crippen LogP contribution in [0.2, 0.25) is 0 Å². The first-order chi connectivity index (χ1) is 41.0. The fourth-order valence-electron chi connectivity index (χ4n) is 9.80. The number of nitrogens with zero attached hydrogens (tertiary/aromatic N) is 4. The number of aliphatic hydroxyl groups is 1. The summed E-state index contributed by atoms with van der Waals surface area (Å²) < 4.78 is 0. The fourth-order valence-corrected chi connectivity index (χ4v) is 9.80. The SMILES string of the molecule is CC(C)C[C@H](NC(=O)CNC(=O)[C@H](Cc1ccc(O)cc1)NC(=O)[C@H](CO)NC(=O)[C@H](Cc1c[nH]c2ccccc12)NC(=O)[C@H](Cc1cnc[nH]1)NC(=O)[C@@H]1CCC(=O)N1)C(=O)N[C@@H](CCCN=C(N)N)C(=O)N1CCC[C@H]1C(=O)NN(C)C(N)=O. The van der Waals surface area contributed by atoms with E-state index in [1.54, 1.807) is 44.3 Å². The number of likely N-dealkylation sites (tertiary alicyclic amines) is 1. The van der Waals surface area contributed by atoms with Crippen LogP contribution in [0.3, 0.4) is 0 Å². The number of fused-ring (bicyclic) bond motifs is 1. The molecule has 8 atom stereocenters. The third kappa shape index (κ3) is 19.1. The highest BCUT2D eigenvalue weighted by molar-refractivity contribution is 5.99. The number of primary amides is 1. The van der Waals surface area contributed by atoms with E-state index >= 15 is 0 Å². The maximum absolute atomic E-state index is 14.5. The fraction of sp³-hybridized carbons (Fsp3) is 0.473. The van der Waals surface area contributed by atoms with Crippen molar-refractivity contribution in [1.29, 1.82) is 0 Å². The number of urea groups is 1. The number of nitrogens with one attached hydrogen (secondary N) is 11. The van der Waals surface area contributed by atoms with Gasteiger partial charge < -0.3 is 84.8 Å². The summed E-state index contributed by atoms with van der Waals surface area (Å²) in [6.45, 7) is 2.02. The number of aromatic hydroxyl groups is 1. The smallest absolute Gasteiger partial charge is 0.333 e. The van der Waals surface area contributed by atoms with Gasteiger partial charge >= 0.3 is 6.03 Å².